The summed E-state index contributed by atoms with van der Waals surface area (Å²) in [6.07, 6.45) is 5.11. The zero-order chi connectivity index (χ0) is 17.6. The molecule has 0 spiro atoms. The van der Waals surface area contributed by atoms with Gasteiger partial charge >= 0.3 is 0 Å². The molecule has 1 saturated carbocycles. The van der Waals surface area contributed by atoms with E-state index in [1.165, 1.54) is 0 Å². The Kier molecular flexibility index (Phi) is 5.40. The van der Waals surface area contributed by atoms with E-state index in [1.54, 1.807) is 48.7 Å². The number of carbonyl (C=O) groups is 2. The molecule has 0 aliphatic heterocycles. The van der Waals surface area contributed by atoms with Crippen LogP contribution in [0.2, 0.25) is 0 Å². The highest BCUT2D eigenvalue weighted by molar-refractivity contribution is 6.04. The first-order valence-electron chi connectivity index (χ1n) is 8.50. The number of amides is 2. The molecule has 2 atom stereocenters. The fourth-order valence-electron chi connectivity index (χ4n) is 3.13. The molecule has 1 aromatic carbocycles. The molecule has 3 rings (SSSR count). The van der Waals surface area contributed by atoms with Crippen LogP contribution in [0.25, 0.3) is 0 Å². The molecule has 6 nitrogen and oxygen atoms in total. The maximum atomic E-state index is 12.3. The van der Waals surface area contributed by atoms with Gasteiger partial charge in [0.25, 0.3) is 5.91 Å². The van der Waals surface area contributed by atoms with Gasteiger partial charge in [-0.1, -0.05) is 18.6 Å². The number of carbonyl (C=O) groups excluding carboxylic acids is 2. The molecule has 1 aromatic heterocycles. The summed E-state index contributed by atoms with van der Waals surface area (Å²) in [6.45, 7) is 0. The lowest BCUT2D eigenvalue weighted by molar-refractivity contribution is -0.117. The summed E-state index contributed by atoms with van der Waals surface area (Å²) in [4.78, 5) is 28.6. The predicted molar refractivity (Wildman–Crippen MR) is 97.2 cm³/mol. The SMILES string of the molecule is N[C@@H]1CCC[C@H]1CC(=O)Nc1cccc(C(=O)Nc2ccccn2)c1. The first-order chi connectivity index (χ1) is 12.1. The maximum Gasteiger partial charge on any atom is 0.256 e. The number of rotatable bonds is 5. The summed E-state index contributed by atoms with van der Waals surface area (Å²) in [5.74, 6) is 0.394. The Morgan fingerprint density at radius 2 is 2.00 bits per heavy atom. The van der Waals surface area contributed by atoms with Crippen LogP contribution in [0.3, 0.4) is 0 Å². The summed E-state index contributed by atoms with van der Waals surface area (Å²) in [7, 11) is 0. The Morgan fingerprint density at radius 1 is 1.12 bits per heavy atom. The van der Waals surface area contributed by atoms with Gasteiger partial charge in [-0.05, 0) is 49.1 Å². The van der Waals surface area contributed by atoms with E-state index in [0.29, 0.717) is 23.5 Å². The number of aromatic nitrogens is 1. The van der Waals surface area contributed by atoms with Crippen LogP contribution < -0.4 is 16.4 Å². The molecular weight excluding hydrogens is 316 g/mol. The molecule has 25 heavy (non-hydrogen) atoms. The highest BCUT2D eigenvalue weighted by atomic mass is 16.2. The fourth-order valence-corrected chi connectivity index (χ4v) is 3.13. The van der Waals surface area contributed by atoms with Crippen LogP contribution in [-0.2, 0) is 4.79 Å². The molecule has 0 saturated heterocycles. The van der Waals surface area contributed by atoms with Gasteiger partial charge in [0.2, 0.25) is 5.91 Å². The Bertz CT molecular complexity index is 748. The lowest BCUT2D eigenvalue weighted by Gasteiger charge is -2.15. The zero-order valence-electron chi connectivity index (χ0n) is 13.9. The van der Waals surface area contributed by atoms with Crippen molar-refractivity contribution < 1.29 is 9.59 Å². The van der Waals surface area contributed by atoms with Crippen LogP contribution in [0, 0.1) is 5.92 Å². The van der Waals surface area contributed by atoms with Gasteiger partial charge in [0.15, 0.2) is 0 Å². The zero-order valence-corrected chi connectivity index (χ0v) is 13.9. The Balaban J connectivity index is 1.61. The highest BCUT2D eigenvalue weighted by Crippen LogP contribution is 2.27. The number of nitrogens with one attached hydrogen (secondary N) is 2. The molecule has 2 aromatic rings. The Labute approximate surface area is 146 Å². The second-order valence-electron chi connectivity index (χ2n) is 6.36. The fraction of sp³-hybridized carbons (Fsp3) is 0.316. The average molecular weight is 338 g/mol. The van der Waals surface area contributed by atoms with E-state index in [4.69, 9.17) is 5.73 Å². The van der Waals surface area contributed by atoms with E-state index < -0.39 is 0 Å². The normalized spacial score (nSPS) is 19.4. The summed E-state index contributed by atoms with van der Waals surface area (Å²) in [6, 6.07) is 12.3. The highest BCUT2D eigenvalue weighted by Gasteiger charge is 2.26. The molecule has 0 bridgehead atoms. The smallest absolute Gasteiger partial charge is 0.256 e. The number of benzene rings is 1. The van der Waals surface area contributed by atoms with Gasteiger partial charge in [0.1, 0.15) is 5.82 Å². The third kappa shape index (κ3) is 4.64. The summed E-state index contributed by atoms with van der Waals surface area (Å²) in [5, 5.41) is 5.58. The Morgan fingerprint density at radius 3 is 2.72 bits per heavy atom. The van der Waals surface area contributed by atoms with E-state index in [1.807, 2.05) is 0 Å². The molecule has 0 unspecified atom stereocenters. The van der Waals surface area contributed by atoms with E-state index >= 15 is 0 Å². The maximum absolute atomic E-state index is 12.3. The quantitative estimate of drug-likeness (QED) is 0.781. The number of pyridine rings is 1. The number of nitrogens with zero attached hydrogens (tertiary/aromatic N) is 1. The molecule has 1 heterocycles. The Hall–Kier alpha value is -2.73. The molecule has 2 amide bonds. The van der Waals surface area contributed by atoms with Crippen molar-refractivity contribution >= 4 is 23.3 Å². The van der Waals surface area contributed by atoms with Gasteiger partial charge in [0.05, 0.1) is 0 Å². The van der Waals surface area contributed by atoms with E-state index in [-0.39, 0.29) is 23.8 Å². The monoisotopic (exact) mass is 338 g/mol. The summed E-state index contributed by atoms with van der Waals surface area (Å²) < 4.78 is 0. The third-order valence-corrected chi connectivity index (χ3v) is 4.48. The van der Waals surface area contributed by atoms with Crippen molar-refractivity contribution in [3.63, 3.8) is 0 Å². The third-order valence-electron chi connectivity index (χ3n) is 4.48. The standard InChI is InChI=1S/C19H22N4O2/c20-16-8-4-5-13(16)12-18(24)22-15-7-3-6-14(11-15)19(25)23-17-9-1-2-10-21-17/h1-3,6-7,9-11,13,16H,4-5,8,12,20H2,(H,22,24)(H,21,23,25)/t13-,16+/m0/s1. The van der Waals surface area contributed by atoms with Crippen molar-refractivity contribution in [3.8, 4) is 0 Å². The number of anilines is 2. The minimum atomic E-state index is -0.271. The van der Waals surface area contributed by atoms with Crippen LogP contribution in [0.15, 0.2) is 48.7 Å². The van der Waals surface area contributed by atoms with Crippen molar-refractivity contribution in [1.82, 2.24) is 4.98 Å². The molecule has 1 fully saturated rings. The number of hydrogen-bond donors (Lipinski definition) is 3. The molecule has 1 aliphatic rings. The lowest BCUT2D eigenvalue weighted by Crippen LogP contribution is -2.28. The number of nitrogens with two attached hydrogens (primary N) is 1. The largest absolute Gasteiger partial charge is 0.327 e. The van der Waals surface area contributed by atoms with E-state index in [9.17, 15) is 9.59 Å². The average Bonchev–Trinajstić information content (AvgIpc) is 3.00. The first-order valence-corrected chi connectivity index (χ1v) is 8.50. The first kappa shape index (κ1) is 17.1. The van der Waals surface area contributed by atoms with Crippen molar-refractivity contribution in [3.05, 3.63) is 54.2 Å². The van der Waals surface area contributed by atoms with Gasteiger partial charge in [-0.2, -0.15) is 0 Å². The predicted octanol–water partition coefficient (Wildman–Crippen LogP) is 2.79. The van der Waals surface area contributed by atoms with Gasteiger partial charge in [-0.3, -0.25) is 9.59 Å². The van der Waals surface area contributed by atoms with Crippen molar-refractivity contribution in [2.75, 3.05) is 10.6 Å². The van der Waals surface area contributed by atoms with E-state index in [0.717, 1.165) is 19.3 Å². The molecule has 130 valence electrons. The van der Waals surface area contributed by atoms with Gasteiger partial charge in [-0.15, -0.1) is 0 Å². The second kappa shape index (κ2) is 7.90. The molecule has 6 heteroatoms. The van der Waals surface area contributed by atoms with Crippen LogP contribution in [-0.4, -0.2) is 22.8 Å². The molecule has 1 aliphatic carbocycles. The minimum absolute atomic E-state index is 0.0652. The van der Waals surface area contributed by atoms with Gasteiger partial charge in [-0.25, -0.2) is 4.98 Å². The lowest BCUT2D eigenvalue weighted by atomic mass is 10.00. The van der Waals surface area contributed by atoms with Crippen molar-refractivity contribution in [2.24, 2.45) is 11.7 Å². The van der Waals surface area contributed by atoms with Crippen LogP contribution in [0.1, 0.15) is 36.0 Å². The van der Waals surface area contributed by atoms with Gasteiger partial charge < -0.3 is 16.4 Å². The van der Waals surface area contributed by atoms with Crippen molar-refractivity contribution in [1.29, 1.82) is 0 Å². The molecule has 0 radical (unpaired) electrons. The second-order valence-corrected chi connectivity index (χ2v) is 6.36. The molecular formula is C19H22N4O2. The number of hydrogen-bond acceptors (Lipinski definition) is 4. The molecule has 4 N–H and O–H groups in total. The van der Waals surface area contributed by atoms with Gasteiger partial charge in [0, 0.05) is 29.9 Å². The van der Waals surface area contributed by atoms with E-state index in [2.05, 4.69) is 15.6 Å². The minimum Gasteiger partial charge on any atom is -0.327 e. The van der Waals surface area contributed by atoms with Crippen LogP contribution in [0.4, 0.5) is 11.5 Å². The van der Waals surface area contributed by atoms with Crippen LogP contribution >= 0.6 is 0 Å². The summed E-state index contributed by atoms with van der Waals surface area (Å²) in [5.41, 5.74) is 7.08. The van der Waals surface area contributed by atoms with Crippen LogP contribution in [0.5, 0.6) is 0 Å². The summed E-state index contributed by atoms with van der Waals surface area (Å²) >= 11 is 0. The topological polar surface area (TPSA) is 97.1 Å². The van der Waals surface area contributed by atoms with Crippen molar-refractivity contribution in [2.45, 2.75) is 31.7 Å².